The predicted octanol–water partition coefficient (Wildman–Crippen LogP) is 5.93. The second-order valence-corrected chi connectivity index (χ2v) is 5.43. The molecule has 0 fully saturated rings. The monoisotopic (exact) mass is 358 g/mol. The number of hydrogen-bond acceptors (Lipinski definition) is 4. The van der Waals surface area contributed by atoms with Crippen molar-refractivity contribution in [3.63, 3.8) is 0 Å². The highest BCUT2D eigenvalue weighted by Gasteiger charge is 2.19. The second kappa shape index (κ2) is 10.4. The summed E-state index contributed by atoms with van der Waals surface area (Å²) in [7, 11) is 0.133. The van der Waals surface area contributed by atoms with Crippen molar-refractivity contribution in [2.24, 2.45) is 0 Å². The molecule has 0 amide bonds. The Labute approximate surface area is 144 Å². The van der Waals surface area contributed by atoms with Gasteiger partial charge in [-0.15, -0.1) is 0 Å². The topological polar surface area (TPSA) is 44.8 Å². The summed E-state index contributed by atoms with van der Waals surface area (Å²) in [4.78, 5) is 0. The van der Waals surface area contributed by atoms with Crippen LogP contribution in [-0.4, -0.2) is 0 Å². The van der Waals surface area contributed by atoms with Crippen LogP contribution >= 0.6 is 17.7 Å². The lowest BCUT2D eigenvalue weighted by Crippen LogP contribution is -2.02. The fourth-order valence-electron chi connectivity index (χ4n) is 1.76. The van der Waals surface area contributed by atoms with Gasteiger partial charge in [0, 0.05) is 0 Å². The third-order valence-electron chi connectivity index (χ3n) is 2.77. The minimum absolute atomic E-state index is 0.709. The van der Waals surface area contributed by atoms with Gasteiger partial charge in [-0.3, -0.25) is 4.57 Å². The molecule has 0 N–H and O–H groups in total. The van der Waals surface area contributed by atoms with Gasteiger partial charge < -0.3 is 13.6 Å². The number of rotatable bonds is 6. The van der Waals surface area contributed by atoms with E-state index in [2.05, 4.69) is 0 Å². The van der Waals surface area contributed by atoms with E-state index in [1.54, 1.807) is 9.12 Å². The molecule has 6 heteroatoms. The van der Waals surface area contributed by atoms with E-state index in [1.807, 2.05) is 91.0 Å². The molecule has 3 rings (SSSR count). The summed E-state index contributed by atoms with van der Waals surface area (Å²) in [5.41, 5.74) is 0. The molecule has 0 radical (unpaired) electrons. The molecule has 0 unspecified atom stereocenters. The first-order valence-corrected chi connectivity index (χ1v) is 8.60. The van der Waals surface area contributed by atoms with Crippen molar-refractivity contribution in [3.8, 4) is 17.2 Å². The summed E-state index contributed by atoms with van der Waals surface area (Å²) in [6.45, 7) is 0. The Balaban J connectivity index is 0.00000100. The average molecular weight is 358 g/mol. The Morgan fingerprint density at radius 1 is 0.500 bits per heavy atom. The summed E-state index contributed by atoms with van der Waals surface area (Å²) in [5.74, 6) is 2.13. The highest BCUT2D eigenvalue weighted by Crippen LogP contribution is 2.41. The third-order valence-corrected chi connectivity index (χ3v) is 3.85. The van der Waals surface area contributed by atoms with E-state index in [0.717, 1.165) is 0 Å². The average Bonchev–Trinajstić information content (AvgIpc) is 2.66. The van der Waals surface area contributed by atoms with Crippen LogP contribution < -0.4 is 13.6 Å². The van der Waals surface area contributed by atoms with Crippen LogP contribution in [0.15, 0.2) is 91.0 Å². The molecule has 0 heterocycles. The Bertz CT molecular complexity index is 597. The molecule has 0 spiro atoms. The van der Waals surface area contributed by atoms with Crippen LogP contribution in [0.5, 0.6) is 17.2 Å². The van der Waals surface area contributed by atoms with Gasteiger partial charge in [-0.2, -0.15) is 0 Å². The van der Waals surface area contributed by atoms with E-state index in [9.17, 15) is 0 Å². The smallest absolute Gasteiger partial charge is 0.409 e. The van der Waals surface area contributed by atoms with E-state index in [1.165, 1.54) is 0 Å². The lowest BCUT2D eigenvalue weighted by Gasteiger charge is -2.17. The van der Waals surface area contributed by atoms with Gasteiger partial charge in [0.2, 0.25) is 0 Å². The molecule has 0 saturated heterocycles. The fourth-order valence-corrected chi connectivity index (χ4v) is 2.75. The standard InChI is InChI=1S/C18H15O3P.HOP/c1-4-10-16(11-5-1)19-22(20-17-12-6-2-7-13-17)21-18-14-8-3-9-15-18;1-2/h1-15H;2H. The fraction of sp³-hybridized carbons (Fsp3) is 0. The molecular formula is C18H16O4P2. The van der Waals surface area contributed by atoms with Crippen molar-refractivity contribution in [3.05, 3.63) is 91.0 Å². The van der Waals surface area contributed by atoms with Crippen LogP contribution in [0.3, 0.4) is 0 Å². The molecule has 24 heavy (non-hydrogen) atoms. The molecule has 122 valence electrons. The van der Waals surface area contributed by atoms with Crippen molar-refractivity contribution in [2.45, 2.75) is 0 Å². The minimum Gasteiger partial charge on any atom is -0.409 e. The first-order valence-electron chi connectivity index (χ1n) is 7.10. The van der Waals surface area contributed by atoms with Crippen LogP contribution in [0.25, 0.3) is 0 Å². The summed E-state index contributed by atoms with van der Waals surface area (Å²) >= 11 is 0. The van der Waals surface area contributed by atoms with Crippen molar-refractivity contribution < 1.29 is 18.1 Å². The SMILES string of the molecule is O=P.c1ccc(OP(Oc2ccccc2)Oc2ccccc2)cc1. The molecule has 0 aliphatic rings. The van der Waals surface area contributed by atoms with Gasteiger partial charge >= 0.3 is 8.60 Å². The van der Waals surface area contributed by atoms with E-state index < -0.39 is 8.60 Å². The summed E-state index contributed by atoms with van der Waals surface area (Å²) in [6, 6.07) is 28.5. The lowest BCUT2D eigenvalue weighted by molar-refractivity contribution is 0.388. The van der Waals surface area contributed by atoms with Crippen molar-refractivity contribution in [1.29, 1.82) is 0 Å². The second-order valence-electron chi connectivity index (χ2n) is 4.44. The Hall–Kier alpha value is -2.41. The molecule has 0 bridgehead atoms. The number of hydrogen-bond donors (Lipinski definition) is 0. The number of benzene rings is 3. The largest absolute Gasteiger partial charge is 0.530 e. The third kappa shape index (κ3) is 6.00. The highest BCUT2D eigenvalue weighted by atomic mass is 31.2. The van der Waals surface area contributed by atoms with Crippen LogP contribution in [0.1, 0.15) is 0 Å². The maximum atomic E-state index is 8.06. The molecule has 0 aliphatic carbocycles. The quantitative estimate of drug-likeness (QED) is 0.513. The lowest BCUT2D eigenvalue weighted by atomic mass is 10.3. The van der Waals surface area contributed by atoms with Gasteiger partial charge in [-0.1, -0.05) is 54.6 Å². The minimum atomic E-state index is -1.59. The van der Waals surface area contributed by atoms with Gasteiger partial charge in [0.25, 0.3) is 0 Å². The van der Waals surface area contributed by atoms with Crippen molar-refractivity contribution in [1.82, 2.24) is 0 Å². The van der Waals surface area contributed by atoms with Crippen molar-refractivity contribution >= 4 is 17.7 Å². The zero-order valence-corrected chi connectivity index (χ0v) is 14.6. The molecule has 0 aromatic heterocycles. The first kappa shape index (κ1) is 17.9. The van der Waals surface area contributed by atoms with Crippen LogP contribution in [-0.2, 0) is 4.57 Å². The molecular weight excluding hydrogens is 342 g/mol. The summed E-state index contributed by atoms with van der Waals surface area (Å²) in [6.07, 6.45) is 0. The molecule has 0 atom stereocenters. The summed E-state index contributed by atoms with van der Waals surface area (Å²) in [5, 5.41) is 0. The zero-order valence-electron chi connectivity index (χ0n) is 12.7. The van der Waals surface area contributed by atoms with Crippen LogP contribution in [0, 0.1) is 0 Å². The molecule has 3 aromatic carbocycles. The summed E-state index contributed by atoms with van der Waals surface area (Å²) < 4.78 is 25.6. The van der Waals surface area contributed by atoms with Gasteiger partial charge in [-0.05, 0) is 36.4 Å². The predicted molar refractivity (Wildman–Crippen MR) is 97.1 cm³/mol. The van der Waals surface area contributed by atoms with Gasteiger partial charge in [0.05, 0.1) is 0 Å². The molecule has 4 nitrogen and oxygen atoms in total. The van der Waals surface area contributed by atoms with Crippen molar-refractivity contribution in [2.75, 3.05) is 0 Å². The molecule has 0 saturated carbocycles. The van der Waals surface area contributed by atoms with Crippen LogP contribution in [0.2, 0.25) is 0 Å². The van der Waals surface area contributed by atoms with Gasteiger partial charge in [-0.25, -0.2) is 0 Å². The zero-order chi connectivity index (χ0) is 17.0. The maximum Gasteiger partial charge on any atom is 0.530 e. The van der Waals surface area contributed by atoms with E-state index in [0.29, 0.717) is 17.2 Å². The van der Waals surface area contributed by atoms with Gasteiger partial charge in [0.1, 0.15) is 26.4 Å². The normalized spacial score (nSPS) is 9.54. The molecule has 0 aliphatic heterocycles. The van der Waals surface area contributed by atoms with Gasteiger partial charge in [0.15, 0.2) is 0 Å². The molecule has 3 aromatic rings. The first-order chi connectivity index (χ1) is 11.9. The maximum absolute atomic E-state index is 8.06. The van der Waals surface area contributed by atoms with E-state index in [-0.39, 0.29) is 0 Å². The Kier molecular flexibility index (Phi) is 7.76. The Morgan fingerprint density at radius 3 is 1.00 bits per heavy atom. The van der Waals surface area contributed by atoms with Crippen LogP contribution in [0.4, 0.5) is 0 Å². The Morgan fingerprint density at radius 2 is 0.750 bits per heavy atom. The highest BCUT2D eigenvalue weighted by molar-refractivity contribution is 7.43. The number of para-hydroxylation sites is 3. The van der Waals surface area contributed by atoms with E-state index >= 15 is 0 Å². The van der Waals surface area contributed by atoms with E-state index in [4.69, 9.17) is 18.1 Å².